The van der Waals surface area contributed by atoms with Crippen LogP contribution in [0.4, 0.5) is 13.2 Å². The van der Waals surface area contributed by atoms with E-state index in [1.54, 1.807) is 0 Å². The molecule has 0 unspecified atom stereocenters. The first-order valence-corrected chi connectivity index (χ1v) is 3.46. The van der Waals surface area contributed by atoms with Crippen LogP contribution in [0.5, 0.6) is 0 Å². The second-order valence-corrected chi connectivity index (χ2v) is 2.50. The number of benzene rings is 1. The molecular formula is C7H3ClF3NO. The molecule has 0 saturated carbocycles. The van der Waals surface area contributed by atoms with Crippen molar-refractivity contribution in [2.75, 3.05) is 0 Å². The lowest BCUT2D eigenvalue weighted by atomic mass is 10.2. The van der Waals surface area contributed by atoms with Crippen LogP contribution in [0.2, 0.25) is 0 Å². The molecule has 0 radical (unpaired) electrons. The Morgan fingerprint density at radius 1 is 1.31 bits per heavy atom. The van der Waals surface area contributed by atoms with E-state index in [4.69, 9.17) is 16.8 Å². The van der Waals surface area contributed by atoms with Crippen LogP contribution in [0.25, 0.3) is 0 Å². The van der Waals surface area contributed by atoms with E-state index in [0.717, 1.165) is 0 Å². The Hall–Kier alpha value is -1.23. The quantitative estimate of drug-likeness (QED) is 0.328. The Morgan fingerprint density at radius 3 is 2.46 bits per heavy atom. The molecule has 1 rings (SSSR count). The second-order valence-electron chi connectivity index (χ2n) is 2.14. The average molecular weight is 210 g/mol. The number of oxime groups is 1. The molecule has 0 spiro atoms. The highest BCUT2D eigenvalue weighted by molar-refractivity contribution is 6.69. The summed E-state index contributed by atoms with van der Waals surface area (Å²) in [5, 5.41) is 9.84. The normalized spacial score (nSPS) is 11.8. The Balaban J connectivity index is 3.37. The molecule has 0 aliphatic rings. The minimum Gasteiger partial charge on any atom is -0.410 e. The molecule has 1 aromatic rings. The molecule has 0 fully saturated rings. The molecule has 13 heavy (non-hydrogen) atoms. The largest absolute Gasteiger partial charge is 0.410 e. The van der Waals surface area contributed by atoms with Gasteiger partial charge in [-0.05, 0) is 6.07 Å². The Kier molecular flexibility index (Phi) is 2.77. The van der Waals surface area contributed by atoms with Crippen molar-refractivity contribution < 1.29 is 18.4 Å². The molecule has 0 atom stereocenters. The van der Waals surface area contributed by atoms with Crippen LogP contribution in [-0.2, 0) is 0 Å². The van der Waals surface area contributed by atoms with Crippen LogP contribution >= 0.6 is 11.6 Å². The van der Waals surface area contributed by atoms with Crippen molar-refractivity contribution in [3.05, 3.63) is 35.1 Å². The molecule has 0 heterocycles. The third kappa shape index (κ3) is 1.92. The van der Waals surface area contributed by atoms with Crippen LogP contribution < -0.4 is 0 Å². The van der Waals surface area contributed by atoms with Gasteiger partial charge in [-0.1, -0.05) is 16.8 Å². The highest BCUT2D eigenvalue weighted by Crippen LogP contribution is 2.16. The molecule has 1 aromatic carbocycles. The van der Waals surface area contributed by atoms with E-state index in [1.165, 1.54) is 0 Å². The summed E-state index contributed by atoms with van der Waals surface area (Å²) in [4.78, 5) is 0. The van der Waals surface area contributed by atoms with Gasteiger partial charge < -0.3 is 5.21 Å². The summed E-state index contributed by atoms with van der Waals surface area (Å²) in [6.45, 7) is 0. The van der Waals surface area contributed by atoms with E-state index < -0.39 is 28.2 Å². The molecule has 0 amide bonds. The number of nitrogens with zero attached hydrogens (tertiary/aromatic N) is 1. The van der Waals surface area contributed by atoms with Gasteiger partial charge in [-0.3, -0.25) is 0 Å². The molecule has 70 valence electrons. The topological polar surface area (TPSA) is 32.6 Å². The Labute approximate surface area is 76.2 Å². The zero-order valence-electron chi connectivity index (χ0n) is 6.06. The standard InChI is InChI=1S/C7H3ClF3NO/c8-7(12-13)4-1-3(9)2-5(10)6(4)11/h1-2,13H. The van der Waals surface area contributed by atoms with E-state index in [-0.39, 0.29) is 0 Å². The lowest BCUT2D eigenvalue weighted by molar-refractivity contribution is 0.320. The van der Waals surface area contributed by atoms with E-state index in [2.05, 4.69) is 5.16 Å². The summed E-state index contributed by atoms with van der Waals surface area (Å²) < 4.78 is 37.8. The third-order valence-corrected chi connectivity index (χ3v) is 1.58. The molecule has 2 nitrogen and oxygen atoms in total. The Bertz CT molecular complexity index is 367. The molecule has 0 aliphatic heterocycles. The summed E-state index contributed by atoms with van der Waals surface area (Å²) in [6.07, 6.45) is 0. The van der Waals surface area contributed by atoms with Crippen molar-refractivity contribution in [3.63, 3.8) is 0 Å². The van der Waals surface area contributed by atoms with Crippen molar-refractivity contribution in [1.82, 2.24) is 0 Å². The second kappa shape index (κ2) is 3.66. The number of hydrogen-bond acceptors (Lipinski definition) is 2. The molecule has 0 saturated heterocycles. The number of rotatable bonds is 1. The fraction of sp³-hybridized carbons (Fsp3) is 0. The van der Waals surface area contributed by atoms with Crippen molar-refractivity contribution in [2.45, 2.75) is 0 Å². The minimum atomic E-state index is -1.39. The molecule has 0 aromatic heterocycles. The summed E-state index contributed by atoms with van der Waals surface area (Å²) in [7, 11) is 0. The number of halogens is 4. The van der Waals surface area contributed by atoms with Crippen LogP contribution in [0.3, 0.4) is 0 Å². The van der Waals surface area contributed by atoms with Crippen molar-refractivity contribution in [1.29, 1.82) is 0 Å². The predicted octanol–water partition coefficient (Wildman–Crippen LogP) is 2.48. The molecule has 1 N–H and O–H groups in total. The zero-order chi connectivity index (χ0) is 10.0. The summed E-state index contributed by atoms with van der Waals surface area (Å²) in [5.41, 5.74) is -0.623. The van der Waals surface area contributed by atoms with E-state index >= 15 is 0 Å². The first-order valence-electron chi connectivity index (χ1n) is 3.08. The maximum Gasteiger partial charge on any atom is 0.178 e. The smallest absolute Gasteiger partial charge is 0.178 e. The van der Waals surface area contributed by atoms with E-state index in [9.17, 15) is 13.2 Å². The van der Waals surface area contributed by atoms with Gasteiger partial charge in [0, 0.05) is 6.07 Å². The van der Waals surface area contributed by atoms with Gasteiger partial charge in [0.05, 0.1) is 5.56 Å². The summed E-state index contributed by atoms with van der Waals surface area (Å²) in [6, 6.07) is 0.987. The first kappa shape index (κ1) is 9.85. The average Bonchev–Trinajstić information content (AvgIpc) is 2.10. The molecule has 0 aliphatic carbocycles. The monoisotopic (exact) mass is 209 g/mol. The van der Waals surface area contributed by atoms with Crippen molar-refractivity contribution in [3.8, 4) is 0 Å². The van der Waals surface area contributed by atoms with E-state index in [1.807, 2.05) is 0 Å². The zero-order valence-corrected chi connectivity index (χ0v) is 6.82. The van der Waals surface area contributed by atoms with Gasteiger partial charge in [-0.25, -0.2) is 13.2 Å². The SMILES string of the molecule is ON=C(Cl)c1cc(F)cc(F)c1F. The summed E-state index contributed by atoms with van der Waals surface area (Å²) in [5.74, 6) is -3.75. The van der Waals surface area contributed by atoms with Gasteiger partial charge in [0.25, 0.3) is 0 Å². The fourth-order valence-electron chi connectivity index (χ4n) is 0.760. The van der Waals surface area contributed by atoms with Crippen molar-refractivity contribution in [2.24, 2.45) is 5.16 Å². The van der Waals surface area contributed by atoms with Gasteiger partial charge in [0.2, 0.25) is 0 Å². The lowest BCUT2D eigenvalue weighted by Crippen LogP contribution is -2.00. The maximum absolute atomic E-state index is 12.8. The van der Waals surface area contributed by atoms with E-state index in [0.29, 0.717) is 12.1 Å². The molecular weight excluding hydrogens is 207 g/mol. The van der Waals surface area contributed by atoms with Gasteiger partial charge in [-0.2, -0.15) is 0 Å². The molecule has 6 heteroatoms. The van der Waals surface area contributed by atoms with Gasteiger partial charge in [-0.15, -0.1) is 0 Å². The Morgan fingerprint density at radius 2 is 1.92 bits per heavy atom. The van der Waals surface area contributed by atoms with Crippen LogP contribution in [0, 0.1) is 17.5 Å². The first-order chi connectivity index (χ1) is 6.06. The third-order valence-electron chi connectivity index (χ3n) is 1.30. The molecule has 0 bridgehead atoms. The van der Waals surface area contributed by atoms with Crippen LogP contribution in [-0.4, -0.2) is 10.4 Å². The van der Waals surface area contributed by atoms with Crippen LogP contribution in [0.1, 0.15) is 5.56 Å². The van der Waals surface area contributed by atoms with Gasteiger partial charge in [0.15, 0.2) is 16.8 Å². The minimum absolute atomic E-state index is 0.361. The van der Waals surface area contributed by atoms with Gasteiger partial charge in [0.1, 0.15) is 5.82 Å². The summed E-state index contributed by atoms with van der Waals surface area (Å²) >= 11 is 5.17. The lowest BCUT2D eigenvalue weighted by Gasteiger charge is -2.00. The maximum atomic E-state index is 12.8. The highest BCUT2D eigenvalue weighted by Gasteiger charge is 2.14. The van der Waals surface area contributed by atoms with Crippen molar-refractivity contribution >= 4 is 16.8 Å². The van der Waals surface area contributed by atoms with Crippen LogP contribution in [0.15, 0.2) is 17.3 Å². The number of hydrogen-bond donors (Lipinski definition) is 1. The highest BCUT2D eigenvalue weighted by atomic mass is 35.5. The fourth-order valence-corrected chi connectivity index (χ4v) is 0.897. The van der Waals surface area contributed by atoms with Gasteiger partial charge >= 0.3 is 0 Å². The predicted molar refractivity (Wildman–Crippen MR) is 40.5 cm³/mol.